The van der Waals surface area contributed by atoms with Crippen molar-refractivity contribution < 1.29 is 9.32 Å². The number of benzene rings is 1. The Morgan fingerprint density at radius 2 is 2.22 bits per heavy atom. The Hall–Kier alpha value is -2.18. The molecule has 2 N–H and O–H groups in total. The van der Waals surface area contributed by atoms with E-state index in [4.69, 9.17) is 4.52 Å². The summed E-state index contributed by atoms with van der Waals surface area (Å²) in [5.41, 5.74) is 2.44. The largest absolute Gasteiger partial charge is 0.348 e. The lowest BCUT2D eigenvalue weighted by atomic mass is 10.1. The van der Waals surface area contributed by atoms with Gasteiger partial charge in [-0.05, 0) is 32.0 Å². The van der Waals surface area contributed by atoms with Gasteiger partial charge in [-0.1, -0.05) is 28.9 Å². The fourth-order valence-corrected chi connectivity index (χ4v) is 2.39. The molecule has 0 unspecified atom stereocenters. The van der Waals surface area contributed by atoms with Crippen molar-refractivity contribution in [2.75, 3.05) is 19.6 Å². The maximum absolute atomic E-state index is 12.4. The summed E-state index contributed by atoms with van der Waals surface area (Å²) in [6.07, 6.45) is 3.09. The zero-order chi connectivity index (χ0) is 15.4. The maximum Gasteiger partial charge on any atom is 0.258 e. The molecular weight excluding hydrogens is 316 g/mol. The normalized spacial score (nSPS) is 13.9. The third kappa shape index (κ3) is 4.18. The van der Waals surface area contributed by atoms with Crippen molar-refractivity contribution in [2.45, 2.75) is 13.3 Å². The molecule has 122 valence electrons. The summed E-state index contributed by atoms with van der Waals surface area (Å²) in [7, 11) is 0. The first-order valence-corrected chi connectivity index (χ1v) is 7.30. The first-order valence-electron chi connectivity index (χ1n) is 7.30. The Balaban J connectivity index is 0.00000192. The maximum atomic E-state index is 12.4. The van der Waals surface area contributed by atoms with Gasteiger partial charge in [-0.3, -0.25) is 4.79 Å². The number of nitrogens with zero attached hydrogens (tertiary/aromatic N) is 2. The van der Waals surface area contributed by atoms with Gasteiger partial charge >= 0.3 is 0 Å². The molecule has 7 heteroatoms. The lowest BCUT2D eigenvalue weighted by Crippen LogP contribution is -2.29. The Kier molecular flexibility index (Phi) is 5.90. The average Bonchev–Trinajstić information content (AvgIpc) is 3.00. The van der Waals surface area contributed by atoms with Gasteiger partial charge in [0.1, 0.15) is 0 Å². The highest BCUT2D eigenvalue weighted by atomic mass is 35.5. The number of aryl methyl sites for hydroxylation is 1. The summed E-state index contributed by atoms with van der Waals surface area (Å²) in [5, 5.41) is 9.99. The average molecular weight is 335 g/mol. The van der Waals surface area contributed by atoms with E-state index in [0.717, 1.165) is 19.5 Å². The van der Waals surface area contributed by atoms with Crippen LogP contribution in [0.5, 0.6) is 0 Å². The lowest BCUT2D eigenvalue weighted by molar-refractivity contribution is 0.0957. The molecule has 0 atom stereocenters. The third-order valence-corrected chi connectivity index (χ3v) is 3.56. The van der Waals surface area contributed by atoms with Gasteiger partial charge in [0.2, 0.25) is 0 Å². The smallest absolute Gasteiger partial charge is 0.258 e. The summed E-state index contributed by atoms with van der Waals surface area (Å²) in [6.45, 7) is 4.14. The Bertz CT molecular complexity index is 712. The minimum Gasteiger partial charge on any atom is -0.348 e. The number of hydrogen-bond acceptors (Lipinski definition) is 5. The molecular formula is C16H19ClN4O2. The zero-order valence-corrected chi connectivity index (χ0v) is 13.7. The molecule has 0 fully saturated rings. The van der Waals surface area contributed by atoms with Crippen LogP contribution in [0.4, 0.5) is 0 Å². The molecule has 1 aromatic carbocycles. The predicted octanol–water partition coefficient (Wildman–Crippen LogP) is 2.12. The van der Waals surface area contributed by atoms with Gasteiger partial charge in [0.15, 0.2) is 5.82 Å². The molecule has 0 saturated carbocycles. The fraction of sp³-hybridized carbons (Fsp3) is 0.312. The van der Waals surface area contributed by atoms with Gasteiger partial charge in [0, 0.05) is 13.1 Å². The molecule has 0 saturated heterocycles. The molecule has 23 heavy (non-hydrogen) atoms. The predicted molar refractivity (Wildman–Crippen MR) is 89.6 cm³/mol. The second-order valence-corrected chi connectivity index (χ2v) is 5.19. The van der Waals surface area contributed by atoms with E-state index in [-0.39, 0.29) is 18.3 Å². The molecule has 1 aromatic heterocycles. The number of rotatable bonds is 4. The van der Waals surface area contributed by atoms with Crippen molar-refractivity contribution in [3.8, 4) is 11.5 Å². The van der Waals surface area contributed by atoms with Gasteiger partial charge in [-0.2, -0.15) is 4.98 Å². The number of carbonyl (C=O) groups excluding carboxylic acids is 1. The van der Waals surface area contributed by atoms with E-state index in [9.17, 15) is 4.79 Å². The summed E-state index contributed by atoms with van der Waals surface area (Å²) < 4.78 is 5.17. The number of amides is 1. The van der Waals surface area contributed by atoms with Crippen LogP contribution in [-0.4, -0.2) is 35.7 Å². The van der Waals surface area contributed by atoms with E-state index < -0.39 is 0 Å². The zero-order valence-electron chi connectivity index (χ0n) is 12.8. The highest BCUT2D eigenvalue weighted by Crippen LogP contribution is 2.21. The molecule has 0 aliphatic carbocycles. The number of aromatic nitrogens is 2. The lowest BCUT2D eigenvalue weighted by Gasteiger charge is -2.15. The van der Waals surface area contributed by atoms with Crippen LogP contribution in [0, 0.1) is 6.92 Å². The monoisotopic (exact) mass is 334 g/mol. The van der Waals surface area contributed by atoms with Crippen LogP contribution in [0.1, 0.15) is 22.6 Å². The van der Waals surface area contributed by atoms with Crippen LogP contribution in [-0.2, 0) is 0 Å². The first-order chi connectivity index (χ1) is 10.7. The van der Waals surface area contributed by atoms with Crippen LogP contribution in [0.2, 0.25) is 0 Å². The van der Waals surface area contributed by atoms with E-state index in [1.807, 2.05) is 18.2 Å². The second-order valence-electron chi connectivity index (χ2n) is 5.19. The topological polar surface area (TPSA) is 80.0 Å². The molecule has 1 aliphatic rings. The van der Waals surface area contributed by atoms with Gasteiger partial charge in [-0.25, -0.2) is 0 Å². The summed E-state index contributed by atoms with van der Waals surface area (Å²) in [5.74, 6) is 0.778. The van der Waals surface area contributed by atoms with Crippen LogP contribution < -0.4 is 10.6 Å². The van der Waals surface area contributed by atoms with E-state index >= 15 is 0 Å². The SMILES string of the molecule is Cc1noc(-c2ccccc2C(=O)NCC2=CCNCC2)n1.Cl. The van der Waals surface area contributed by atoms with Crippen molar-refractivity contribution in [2.24, 2.45) is 0 Å². The van der Waals surface area contributed by atoms with Crippen molar-refractivity contribution in [1.82, 2.24) is 20.8 Å². The van der Waals surface area contributed by atoms with Gasteiger partial charge < -0.3 is 15.2 Å². The summed E-state index contributed by atoms with van der Waals surface area (Å²) in [4.78, 5) is 16.6. The highest BCUT2D eigenvalue weighted by Gasteiger charge is 2.16. The van der Waals surface area contributed by atoms with Crippen molar-refractivity contribution in [1.29, 1.82) is 0 Å². The number of hydrogen-bond donors (Lipinski definition) is 2. The number of halogens is 1. The first kappa shape index (κ1) is 17.2. The van der Waals surface area contributed by atoms with Gasteiger partial charge in [0.25, 0.3) is 11.8 Å². The Labute approximate surface area is 140 Å². The molecule has 0 bridgehead atoms. The Morgan fingerprint density at radius 3 is 2.91 bits per heavy atom. The molecule has 2 aromatic rings. The van der Waals surface area contributed by atoms with Crippen molar-refractivity contribution in [3.63, 3.8) is 0 Å². The summed E-state index contributed by atoms with van der Waals surface area (Å²) in [6, 6.07) is 7.25. The fourth-order valence-electron chi connectivity index (χ4n) is 2.39. The van der Waals surface area contributed by atoms with Gasteiger partial charge in [0.05, 0.1) is 11.1 Å². The van der Waals surface area contributed by atoms with Gasteiger partial charge in [-0.15, -0.1) is 12.4 Å². The molecule has 6 nitrogen and oxygen atoms in total. The molecule has 0 spiro atoms. The van der Waals surface area contributed by atoms with E-state index in [0.29, 0.717) is 29.4 Å². The van der Waals surface area contributed by atoms with Crippen LogP contribution in [0.15, 0.2) is 40.4 Å². The molecule has 0 radical (unpaired) electrons. The Morgan fingerprint density at radius 1 is 1.39 bits per heavy atom. The molecule has 1 aliphatic heterocycles. The third-order valence-electron chi connectivity index (χ3n) is 3.56. The summed E-state index contributed by atoms with van der Waals surface area (Å²) >= 11 is 0. The van der Waals surface area contributed by atoms with Crippen LogP contribution >= 0.6 is 12.4 Å². The number of carbonyl (C=O) groups is 1. The van der Waals surface area contributed by atoms with Crippen molar-refractivity contribution in [3.05, 3.63) is 47.3 Å². The standard InChI is InChI=1S/C16H18N4O2.ClH/c1-11-19-16(22-20-11)14-5-3-2-4-13(14)15(21)18-10-12-6-8-17-9-7-12;/h2-6,17H,7-10H2,1H3,(H,18,21);1H. The minimum absolute atomic E-state index is 0. The minimum atomic E-state index is -0.133. The van der Waals surface area contributed by atoms with E-state index in [1.165, 1.54) is 5.57 Å². The van der Waals surface area contributed by atoms with Crippen LogP contribution in [0.25, 0.3) is 11.5 Å². The van der Waals surface area contributed by atoms with Crippen molar-refractivity contribution >= 4 is 18.3 Å². The molecule has 3 rings (SSSR count). The van der Waals surface area contributed by atoms with E-state index in [2.05, 4.69) is 26.9 Å². The quantitative estimate of drug-likeness (QED) is 0.837. The van der Waals surface area contributed by atoms with E-state index in [1.54, 1.807) is 13.0 Å². The second kappa shape index (κ2) is 7.89. The molecule has 2 heterocycles. The highest BCUT2D eigenvalue weighted by molar-refractivity contribution is 6.00. The molecule has 1 amide bonds. The van der Waals surface area contributed by atoms with Crippen LogP contribution in [0.3, 0.4) is 0 Å². The number of nitrogens with one attached hydrogen (secondary N) is 2.